The molecule has 4 aromatic rings. The predicted octanol–water partition coefficient (Wildman–Crippen LogP) is 6.41. The number of anilines is 4. The lowest BCUT2D eigenvalue weighted by Gasteiger charge is -2.25. The minimum absolute atomic E-state index is 0.0333. The fourth-order valence-corrected chi connectivity index (χ4v) is 4.00. The average Bonchev–Trinajstić information content (AvgIpc) is 3.02. The number of hydrogen-bond acceptors (Lipinski definition) is 5. The number of amides is 1. The predicted molar refractivity (Wildman–Crippen MR) is 136 cm³/mol. The summed E-state index contributed by atoms with van der Waals surface area (Å²) in [5, 5.41) is 23.4. The standard InChI is InChI=1S/C27H18F4N6O/c28-20-12-9-16(14-19(20)27(29,30)31)26(38)35-17-10-7-15(8-11-17)23(32)37-22-6-3-13-34-25(22)36-21-5-2-1-4-18(21)24(37)33/h1-14,32-33H,(H,34,36)(H,35,38). The van der Waals surface area contributed by atoms with Gasteiger partial charge in [0.15, 0.2) is 5.82 Å². The number of carbonyl (C=O) groups excluding carboxylic acids is 1. The smallest absolute Gasteiger partial charge is 0.338 e. The number of nitrogens with one attached hydrogen (secondary N) is 4. The van der Waals surface area contributed by atoms with Crippen molar-refractivity contribution in [1.82, 2.24) is 4.98 Å². The van der Waals surface area contributed by atoms with E-state index in [1.54, 1.807) is 30.5 Å². The molecule has 7 nitrogen and oxygen atoms in total. The quantitative estimate of drug-likeness (QED) is 0.143. The van der Waals surface area contributed by atoms with Gasteiger partial charge >= 0.3 is 6.18 Å². The number of fused-ring (bicyclic) bond motifs is 2. The second kappa shape index (κ2) is 9.43. The van der Waals surface area contributed by atoms with E-state index in [0.29, 0.717) is 40.5 Å². The second-order valence-electron chi connectivity index (χ2n) is 8.30. The summed E-state index contributed by atoms with van der Waals surface area (Å²) in [6.45, 7) is 0. The number of halogens is 4. The molecule has 0 atom stereocenters. The van der Waals surface area contributed by atoms with Crippen LogP contribution in [0.15, 0.2) is 85.1 Å². The highest BCUT2D eigenvalue weighted by Crippen LogP contribution is 2.35. The minimum Gasteiger partial charge on any atom is -0.338 e. The number of rotatable bonds is 3. The molecular formula is C27H18F4N6O. The van der Waals surface area contributed by atoms with Gasteiger partial charge in [0.1, 0.15) is 17.5 Å². The number of carbonyl (C=O) groups is 1. The summed E-state index contributed by atoms with van der Waals surface area (Å²) < 4.78 is 52.6. The van der Waals surface area contributed by atoms with E-state index in [1.807, 2.05) is 12.1 Å². The van der Waals surface area contributed by atoms with Crippen LogP contribution in [0.2, 0.25) is 0 Å². The Morgan fingerprint density at radius 1 is 0.947 bits per heavy atom. The lowest BCUT2D eigenvalue weighted by molar-refractivity contribution is -0.140. The first-order valence-electron chi connectivity index (χ1n) is 11.2. The van der Waals surface area contributed by atoms with E-state index in [-0.39, 0.29) is 22.9 Å². The summed E-state index contributed by atoms with van der Waals surface area (Å²) in [7, 11) is 0. The molecule has 2 heterocycles. The minimum atomic E-state index is -4.94. The van der Waals surface area contributed by atoms with E-state index in [0.717, 1.165) is 6.07 Å². The van der Waals surface area contributed by atoms with Gasteiger partial charge < -0.3 is 10.6 Å². The zero-order chi connectivity index (χ0) is 27.0. The fourth-order valence-electron chi connectivity index (χ4n) is 4.00. The molecule has 0 spiro atoms. The van der Waals surface area contributed by atoms with E-state index in [2.05, 4.69) is 15.6 Å². The summed E-state index contributed by atoms with van der Waals surface area (Å²) >= 11 is 0. The number of para-hydroxylation sites is 1. The Bertz CT molecular complexity index is 1580. The molecule has 1 aromatic heterocycles. The van der Waals surface area contributed by atoms with Gasteiger partial charge in [0, 0.05) is 28.6 Å². The van der Waals surface area contributed by atoms with Gasteiger partial charge in [-0.15, -0.1) is 0 Å². The van der Waals surface area contributed by atoms with E-state index >= 15 is 0 Å². The molecule has 5 rings (SSSR count). The van der Waals surface area contributed by atoms with Crippen LogP contribution in [0.1, 0.15) is 27.0 Å². The molecule has 1 amide bonds. The number of pyridine rings is 1. The number of benzene rings is 3. The summed E-state index contributed by atoms with van der Waals surface area (Å²) in [6.07, 6.45) is -3.34. The second-order valence-corrected chi connectivity index (χ2v) is 8.30. The van der Waals surface area contributed by atoms with Crippen molar-refractivity contribution >= 4 is 40.5 Å². The SMILES string of the molecule is N=C(c1ccc(NC(=O)c2ccc(F)c(C(F)(F)F)c2)cc1)N1C(=N)c2ccccc2Nc2ncccc21. The third kappa shape index (κ3) is 4.57. The molecule has 0 aliphatic carbocycles. The average molecular weight is 518 g/mol. The van der Waals surface area contributed by atoms with Gasteiger partial charge in [-0.2, -0.15) is 13.2 Å². The maximum absolute atomic E-state index is 13.6. The number of aromatic nitrogens is 1. The van der Waals surface area contributed by atoms with E-state index < -0.39 is 23.5 Å². The van der Waals surface area contributed by atoms with Gasteiger partial charge in [-0.1, -0.05) is 12.1 Å². The Morgan fingerprint density at radius 2 is 1.66 bits per heavy atom. The molecule has 0 saturated heterocycles. The molecule has 1 aliphatic heterocycles. The van der Waals surface area contributed by atoms with Crippen LogP contribution >= 0.6 is 0 Å². The lowest BCUT2D eigenvalue weighted by Crippen LogP contribution is -2.36. The highest BCUT2D eigenvalue weighted by atomic mass is 19.4. The Balaban J connectivity index is 1.40. The molecule has 1 aliphatic rings. The summed E-state index contributed by atoms with van der Waals surface area (Å²) in [5.41, 5.74) is 0.501. The topological polar surface area (TPSA) is 105 Å². The summed E-state index contributed by atoms with van der Waals surface area (Å²) in [6, 6.07) is 18.7. The van der Waals surface area contributed by atoms with Crippen LogP contribution in [0, 0.1) is 16.6 Å². The Morgan fingerprint density at radius 3 is 2.39 bits per heavy atom. The molecule has 0 fully saturated rings. The van der Waals surface area contributed by atoms with Crippen molar-refractivity contribution in [3.63, 3.8) is 0 Å². The first-order valence-corrected chi connectivity index (χ1v) is 11.2. The van der Waals surface area contributed by atoms with Crippen molar-refractivity contribution in [2.45, 2.75) is 6.18 Å². The summed E-state index contributed by atoms with van der Waals surface area (Å²) in [4.78, 5) is 18.3. The van der Waals surface area contributed by atoms with Crippen molar-refractivity contribution < 1.29 is 22.4 Å². The van der Waals surface area contributed by atoms with E-state index in [4.69, 9.17) is 10.8 Å². The normalized spacial score (nSPS) is 12.6. The van der Waals surface area contributed by atoms with Gasteiger partial charge in [0.2, 0.25) is 0 Å². The van der Waals surface area contributed by atoms with Crippen molar-refractivity contribution in [2.75, 3.05) is 15.5 Å². The van der Waals surface area contributed by atoms with Gasteiger partial charge in [-0.05, 0) is 66.7 Å². The summed E-state index contributed by atoms with van der Waals surface area (Å²) in [5.74, 6) is -1.83. The van der Waals surface area contributed by atoms with Crippen molar-refractivity contribution in [3.8, 4) is 0 Å². The first kappa shape index (κ1) is 24.6. The number of hydrogen-bond donors (Lipinski definition) is 4. The molecule has 11 heteroatoms. The molecular weight excluding hydrogens is 500 g/mol. The maximum atomic E-state index is 13.6. The van der Waals surface area contributed by atoms with Gasteiger partial charge in [-0.3, -0.25) is 20.5 Å². The maximum Gasteiger partial charge on any atom is 0.419 e. The fraction of sp³-hybridized carbons (Fsp3) is 0.0370. The van der Waals surface area contributed by atoms with Crippen LogP contribution < -0.4 is 15.5 Å². The highest BCUT2D eigenvalue weighted by molar-refractivity contribution is 6.30. The molecule has 0 radical (unpaired) electrons. The van der Waals surface area contributed by atoms with Crippen molar-refractivity contribution in [1.29, 1.82) is 10.8 Å². The van der Waals surface area contributed by atoms with Crippen LogP contribution in [-0.2, 0) is 6.18 Å². The van der Waals surface area contributed by atoms with Crippen LogP contribution in [-0.4, -0.2) is 22.6 Å². The molecule has 4 N–H and O–H groups in total. The van der Waals surface area contributed by atoms with Crippen molar-refractivity contribution in [3.05, 3.63) is 113 Å². The van der Waals surface area contributed by atoms with Gasteiger partial charge in [0.25, 0.3) is 5.91 Å². The van der Waals surface area contributed by atoms with E-state index in [9.17, 15) is 22.4 Å². The molecule has 190 valence electrons. The van der Waals surface area contributed by atoms with Crippen LogP contribution in [0.3, 0.4) is 0 Å². The van der Waals surface area contributed by atoms with Crippen LogP contribution in [0.25, 0.3) is 0 Å². The van der Waals surface area contributed by atoms with Crippen molar-refractivity contribution in [2.24, 2.45) is 0 Å². The largest absolute Gasteiger partial charge is 0.419 e. The number of nitrogens with zero attached hydrogens (tertiary/aromatic N) is 2. The number of alkyl halides is 3. The third-order valence-corrected chi connectivity index (χ3v) is 5.86. The zero-order valence-corrected chi connectivity index (χ0v) is 19.4. The molecule has 0 unspecified atom stereocenters. The number of amidine groups is 2. The van der Waals surface area contributed by atoms with Crippen LogP contribution in [0.5, 0.6) is 0 Å². The highest BCUT2D eigenvalue weighted by Gasteiger charge is 2.34. The Hall–Kier alpha value is -5.06. The first-order chi connectivity index (χ1) is 18.1. The van der Waals surface area contributed by atoms with Gasteiger partial charge in [0.05, 0.1) is 16.9 Å². The lowest BCUT2D eigenvalue weighted by atomic mass is 10.1. The molecule has 3 aromatic carbocycles. The third-order valence-electron chi connectivity index (χ3n) is 5.86. The molecule has 0 bridgehead atoms. The van der Waals surface area contributed by atoms with E-state index in [1.165, 1.54) is 29.2 Å². The monoisotopic (exact) mass is 518 g/mol. The van der Waals surface area contributed by atoms with Gasteiger partial charge in [-0.25, -0.2) is 9.37 Å². The Labute approximate surface area is 213 Å². The van der Waals surface area contributed by atoms with Crippen LogP contribution in [0.4, 0.5) is 40.4 Å². The zero-order valence-electron chi connectivity index (χ0n) is 19.4. The Kier molecular flexibility index (Phi) is 6.11. The molecule has 38 heavy (non-hydrogen) atoms. The molecule has 0 saturated carbocycles.